The largest absolute Gasteiger partial charge is 0.452 e. The Morgan fingerprint density at radius 3 is 2.49 bits per heavy atom. The lowest BCUT2D eigenvalue weighted by molar-refractivity contribution is -0.140. The van der Waals surface area contributed by atoms with E-state index in [0.29, 0.717) is 30.5 Å². The van der Waals surface area contributed by atoms with Gasteiger partial charge in [0.15, 0.2) is 18.1 Å². The molecular weight excluding hydrogens is 631 g/mol. The molecule has 0 saturated carbocycles. The number of benzene rings is 2. The van der Waals surface area contributed by atoms with Crippen LogP contribution >= 0.6 is 0 Å². The molecule has 0 saturated heterocycles. The molecule has 2 aromatic carbocycles. The molecule has 0 fully saturated rings. The number of nitrogens with one attached hydrogen (secondary N) is 2. The molecule has 16 heteroatoms. The Balaban J connectivity index is 1.34. The van der Waals surface area contributed by atoms with Crippen LogP contribution in [0.2, 0.25) is 0 Å². The molecule has 2 N–H and O–H groups in total. The fourth-order valence-electron chi connectivity index (χ4n) is 5.20. The van der Waals surface area contributed by atoms with Crippen molar-refractivity contribution in [1.82, 2.24) is 30.1 Å². The van der Waals surface area contributed by atoms with Crippen LogP contribution in [-0.2, 0) is 28.7 Å². The zero-order chi connectivity index (χ0) is 34.2. The van der Waals surface area contributed by atoms with Crippen molar-refractivity contribution in [1.29, 1.82) is 0 Å². The highest BCUT2D eigenvalue weighted by molar-refractivity contribution is 5.98. The normalized spacial score (nSPS) is 14.1. The maximum Gasteiger partial charge on any atom is 0.419 e. The number of fused-ring (bicyclic) bond motifs is 2. The number of halogens is 5. The van der Waals surface area contributed by atoms with Crippen LogP contribution in [0.1, 0.15) is 71.6 Å². The van der Waals surface area contributed by atoms with Crippen LogP contribution in [0, 0.1) is 18.6 Å². The molecule has 2 aromatic heterocycles. The Bertz CT molecular complexity index is 1920. The van der Waals surface area contributed by atoms with E-state index >= 15 is 0 Å². The summed E-state index contributed by atoms with van der Waals surface area (Å²) < 4.78 is 73.5. The molecule has 3 amide bonds. The smallest absolute Gasteiger partial charge is 0.419 e. The number of nitrogens with zero attached hydrogens (tertiary/aromatic N) is 4. The van der Waals surface area contributed by atoms with Gasteiger partial charge < -0.3 is 20.3 Å². The number of carbonyl (C=O) groups excluding carboxylic acids is 4. The highest BCUT2D eigenvalue weighted by Gasteiger charge is 2.34. The summed E-state index contributed by atoms with van der Waals surface area (Å²) in [6, 6.07) is 5.98. The van der Waals surface area contributed by atoms with Gasteiger partial charge in [0, 0.05) is 26.7 Å². The van der Waals surface area contributed by atoms with Gasteiger partial charge in [-0.05, 0) is 60.2 Å². The summed E-state index contributed by atoms with van der Waals surface area (Å²) in [6.45, 7) is 0.867. The SMILES string of the molecule is Cc1c(C(=O)OCC(=O)N(C)C)ccc2c1CC[C@@H]2NC(=O)c1cc(C(=O)NCc2ccc(F)c(C(F)(F)F)c2)nc2c(F)cnn12. The lowest BCUT2D eigenvalue weighted by Crippen LogP contribution is -2.31. The van der Waals surface area contributed by atoms with E-state index < -0.39 is 71.7 Å². The van der Waals surface area contributed by atoms with Crippen LogP contribution in [-0.4, -0.2) is 63.9 Å². The second-order valence-corrected chi connectivity index (χ2v) is 11.0. The lowest BCUT2D eigenvalue weighted by Gasteiger charge is -2.17. The van der Waals surface area contributed by atoms with Gasteiger partial charge in [-0.2, -0.15) is 18.3 Å². The Morgan fingerprint density at radius 2 is 1.79 bits per heavy atom. The van der Waals surface area contributed by atoms with E-state index in [1.54, 1.807) is 13.0 Å². The lowest BCUT2D eigenvalue weighted by atomic mass is 9.98. The number of esters is 1. The first-order valence-electron chi connectivity index (χ1n) is 14.1. The zero-order valence-corrected chi connectivity index (χ0v) is 25.2. The van der Waals surface area contributed by atoms with Gasteiger partial charge in [0.1, 0.15) is 17.2 Å². The number of hydrogen-bond acceptors (Lipinski definition) is 7. The molecule has 0 bridgehead atoms. The van der Waals surface area contributed by atoms with Gasteiger partial charge in [-0.1, -0.05) is 12.1 Å². The summed E-state index contributed by atoms with van der Waals surface area (Å²) in [7, 11) is 3.07. The predicted octanol–water partition coefficient (Wildman–Crippen LogP) is 3.93. The van der Waals surface area contributed by atoms with Crippen molar-refractivity contribution < 1.29 is 45.9 Å². The molecule has 1 aliphatic rings. The average Bonchev–Trinajstić information content (AvgIpc) is 3.61. The molecule has 0 aliphatic heterocycles. The molecule has 4 aromatic rings. The number of ether oxygens (including phenoxy) is 1. The van der Waals surface area contributed by atoms with Crippen LogP contribution in [0.25, 0.3) is 5.65 Å². The number of rotatable bonds is 8. The van der Waals surface area contributed by atoms with Gasteiger partial charge in [-0.15, -0.1) is 0 Å². The van der Waals surface area contributed by atoms with Crippen molar-refractivity contribution in [2.45, 2.75) is 38.5 Å². The molecule has 1 aliphatic carbocycles. The Kier molecular flexibility index (Phi) is 8.96. The van der Waals surface area contributed by atoms with E-state index in [2.05, 4.69) is 20.7 Å². The summed E-state index contributed by atoms with van der Waals surface area (Å²) in [5.41, 5.74) is -0.230. The van der Waals surface area contributed by atoms with E-state index in [-0.39, 0.29) is 22.7 Å². The van der Waals surface area contributed by atoms with Crippen LogP contribution in [0.3, 0.4) is 0 Å². The van der Waals surface area contributed by atoms with Gasteiger partial charge in [0.05, 0.1) is 23.4 Å². The van der Waals surface area contributed by atoms with Crippen molar-refractivity contribution in [3.8, 4) is 0 Å². The van der Waals surface area contributed by atoms with Gasteiger partial charge in [0.25, 0.3) is 17.7 Å². The summed E-state index contributed by atoms with van der Waals surface area (Å²) in [5, 5.41) is 9.04. The maximum absolute atomic E-state index is 14.6. The number of aromatic nitrogens is 3. The number of carbonyl (C=O) groups is 4. The molecule has 11 nitrogen and oxygen atoms in total. The highest BCUT2D eigenvalue weighted by atomic mass is 19.4. The van der Waals surface area contributed by atoms with Crippen molar-refractivity contribution in [2.24, 2.45) is 0 Å². The van der Waals surface area contributed by atoms with E-state index in [1.165, 1.54) is 25.1 Å². The van der Waals surface area contributed by atoms with E-state index in [9.17, 15) is 41.1 Å². The summed E-state index contributed by atoms with van der Waals surface area (Å²) in [6.07, 6.45) is -3.19. The minimum Gasteiger partial charge on any atom is -0.452 e. The van der Waals surface area contributed by atoms with Gasteiger partial charge >= 0.3 is 12.1 Å². The van der Waals surface area contributed by atoms with Crippen LogP contribution in [0.4, 0.5) is 22.0 Å². The monoisotopic (exact) mass is 658 g/mol. The molecule has 0 radical (unpaired) electrons. The van der Waals surface area contributed by atoms with E-state index in [1.807, 2.05) is 0 Å². The van der Waals surface area contributed by atoms with E-state index in [4.69, 9.17) is 4.74 Å². The van der Waals surface area contributed by atoms with E-state index in [0.717, 1.165) is 34.0 Å². The van der Waals surface area contributed by atoms with Gasteiger partial charge in [0.2, 0.25) is 0 Å². The molecule has 0 spiro atoms. The average molecular weight is 659 g/mol. The van der Waals surface area contributed by atoms with Crippen molar-refractivity contribution in [3.05, 3.63) is 99.0 Å². The molecular formula is C31H27F5N6O5. The van der Waals surface area contributed by atoms with Crippen molar-refractivity contribution in [3.63, 3.8) is 0 Å². The zero-order valence-electron chi connectivity index (χ0n) is 25.2. The summed E-state index contributed by atoms with van der Waals surface area (Å²) >= 11 is 0. The first-order chi connectivity index (χ1) is 22.1. The fourth-order valence-corrected chi connectivity index (χ4v) is 5.20. The van der Waals surface area contributed by atoms with Crippen LogP contribution < -0.4 is 10.6 Å². The predicted molar refractivity (Wildman–Crippen MR) is 154 cm³/mol. The third-order valence-electron chi connectivity index (χ3n) is 7.73. The minimum absolute atomic E-state index is 0.0599. The summed E-state index contributed by atoms with van der Waals surface area (Å²) in [5.74, 6) is -5.12. The Hall–Kier alpha value is -5.41. The maximum atomic E-state index is 14.6. The van der Waals surface area contributed by atoms with Crippen molar-refractivity contribution in [2.75, 3.05) is 20.7 Å². The van der Waals surface area contributed by atoms with Crippen LogP contribution in [0.15, 0.2) is 42.6 Å². The van der Waals surface area contributed by atoms with Crippen molar-refractivity contribution >= 4 is 29.3 Å². The fraction of sp³-hybridized carbons (Fsp3) is 0.290. The molecule has 0 unspecified atom stereocenters. The first-order valence-corrected chi connectivity index (χ1v) is 14.1. The van der Waals surface area contributed by atoms with Gasteiger partial charge in [-0.25, -0.2) is 23.1 Å². The number of hydrogen-bond donors (Lipinski definition) is 2. The second kappa shape index (κ2) is 12.8. The number of alkyl halides is 3. The number of likely N-dealkylation sites (N-methyl/N-ethyl adjacent to an activating group) is 1. The summed E-state index contributed by atoms with van der Waals surface area (Å²) in [4.78, 5) is 56.1. The molecule has 2 heterocycles. The Morgan fingerprint density at radius 1 is 1.04 bits per heavy atom. The quantitative estimate of drug-likeness (QED) is 0.217. The Labute approximate surface area is 263 Å². The molecule has 246 valence electrons. The highest BCUT2D eigenvalue weighted by Crippen LogP contribution is 2.35. The second-order valence-electron chi connectivity index (χ2n) is 11.0. The molecule has 47 heavy (non-hydrogen) atoms. The van der Waals surface area contributed by atoms with Crippen LogP contribution in [0.5, 0.6) is 0 Å². The minimum atomic E-state index is -4.95. The third kappa shape index (κ3) is 6.76. The first kappa shape index (κ1) is 33.0. The molecule has 5 rings (SSSR count). The topological polar surface area (TPSA) is 135 Å². The third-order valence-corrected chi connectivity index (χ3v) is 7.73. The van der Waals surface area contributed by atoms with Gasteiger partial charge in [-0.3, -0.25) is 14.4 Å². The molecule has 1 atom stereocenters. The number of amides is 3. The standard InChI is InChI=1S/C31H27F5N6O5/c1-15-17-7-9-23(19(17)6-5-18(15)30(46)47-14-26(43)41(2)3)40-29(45)25-11-24(39-27-22(33)13-38-42(25)27)28(44)37-12-16-4-8-21(32)20(10-16)31(34,35)36/h4-6,8,10-11,13,23H,7,9,12,14H2,1-3H3,(H,37,44)(H,40,45)/t23-/m0/s1.